The number of anilines is 1. The number of hydrogen-bond donors (Lipinski definition) is 2. The third kappa shape index (κ3) is 4.53. The van der Waals surface area contributed by atoms with Crippen molar-refractivity contribution in [1.29, 1.82) is 0 Å². The molecule has 2 aromatic rings. The number of azo groups is 1. The van der Waals surface area contributed by atoms with Gasteiger partial charge in [-0.15, -0.1) is 16.7 Å². The summed E-state index contributed by atoms with van der Waals surface area (Å²) >= 11 is 5.95. The zero-order valence-electron chi connectivity index (χ0n) is 13.0. The summed E-state index contributed by atoms with van der Waals surface area (Å²) in [6, 6.07) is 12.2. The highest BCUT2D eigenvalue weighted by Crippen LogP contribution is 2.28. The maximum Gasteiger partial charge on any atom is 0.337 e. The number of carboxylic acid groups (broad SMARTS) is 1. The Morgan fingerprint density at radius 3 is 2.52 bits per heavy atom. The van der Waals surface area contributed by atoms with Crippen LogP contribution in [0.5, 0.6) is 0 Å². The van der Waals surface area contributed by atoms with Crippen LogP contribution >= 0.6 is 11.6 Å². The van der Waals surface area contributed by atoms with Crippen LogP contribution in [0.2, 0.25) is 0 Å². The van der Waals surface area contributed by atoms with E-state index in [-0.39, 0.29) is 10.9 Å². The van der Waals surface area contributed by atoms with Crippen LogP contribution in [0.1, 0.15) is 22.8 Å². The zero-order chi connectivity index (χ0) is 16.8. The van der Waals surface area contributed by atoms with Gasteiger partial charge in [-0.25, -0.2) is 4.79 Å². The van der Waals surface area contributed by atoms with E-state index in [4.69, 9.17) is 16.7 Å². The minimum atomic E-state index is -1.03. The van der Waals surface area contributed by atoms with Crippen molar-refractivity contribution in [3.8, 4) is 0 Å². The summed E-state index contributed by atoms with van der Waals surface area (Å²) in [6.07, 6.45) is 0. The molecule has 0 aliphatic heterocycles. The fourth-order valence-corrected chi connectivity index (χ4v) is 2.10. The standard InChI is InChI=1S/C17H18ClN3O2/c1-11(18)10-19-14-8-5-9-15(12(14)2)20-21-16-7-4-3-6-13(16)17(22)23/h3-9,11,19H,10H2,1-2H3,(H,22,23). The van der Waals surface area contributed by atoms with Gasteiger partial charge in [0.1, 0.15) is 5.69 Å². The number of benzene rings is 2. The molecule has 6 heteroatoms. The van der Waals surface area contributed by atoms with E-state index in [2.05, 4.69) is 15.5 Å². The van der Waals surface area contributed by atoms with Crippen LogP contribution < -0.4 is 5.32 Å². The quantitative estimate of drug-likeness (QED) is 0.568. The zero-order valence-corrected chi connectivity index (χ0v) is 13.7. The summed E-state index contributed by atoms with van der Waals surface area (Å²) in [4.78, 5) is 11.2. The number of nitrogens with one attached hydrogen (secondary N) is 1. The van der Waals surface area contributed by atoms with Crippen molar-refractivity contribution in [3.63, 3.8) is 0 Å². The molecule has 23 heavy (non-hydrogen) atoms. The van der Waals surface area contributed by atoms with Gasteiger partial charge in [0.2, 0.25) is 0 Å². The predicted molar refractivity (Wildman–Crippen MR) is 92.6 cm³/mol. The van der Waals surface area contributed by atoms with E-state index >= 15 is 0 Å². The Balaban J connectivity index is 2.27. The maximum atomic E-state index is 11.2. The number of nitrogens with zero attached hydrogens (tertiary/aromatic N) is 2. The summed E-state index contributed by atoms with van der Waals surface area (Å²) in [5.74, 6) is -1.03. The Hall–Kier alpha value is -2.40. The van der Waals surface area contributed by atoms with E-state index < -0.39 is 5.97 Å². The SMILES string of the molecule is Cc1c(N=Nc2ccccc2C(=O)O)cccc1NCC(C)Cl. The van der Waals surface area contributed by atoms with Crippen LogP contribution in [0.3, 0.4) is 0 Å². The van der Waals surface area contributed by atoms with Crippen molar-refractivity contribution in [2.45, 2.75) is 19.2 Å². The van der Waals surface area contributed by atoms with E-state index in [1.165, 1.54) is 6.07 Å². The van der Waals surface area contributed by atoms with E-state index in [0.29, 0.717) is 17.9 Å². The van der Waals surface area contributed by atoms with Crippen LogP contribution in [0, 0.1) is 6.92 Å². The molecule has 0 saturated carbocycles. The summed E-state index contributed by atoms with van der Waals surface area (Å²) in [5.41, 5.74) is 2.99. The Morgan fingerprint density at radius 1 is 1.17 bits per heavy atom. The van der Waals surface area contributed by atoms with Crippen molar-refractivity contribution in [2.24, 2.45) is 10.2 Å². The van der Waals surface area contributed by atoms with Crippen LogP contribution in [0.4, 0.5) is 17.1 Å². The fourth-order valence-electron chi connectivity index (χ4n) is 2.02. The Morgan fingerprint density at radius 2 is 1.83 bits per heavy atom. The summed E-state index contributed by atoms with van der Waals surface area (Å²) in [5, 5.41) is 20.7. The Labute approximate surface area is 140 Å². The van der Waals surface area contributed by atoms with Gasteiger partial charge in [0.15, 0.2) is 0 Å². The minimum absolute atomic E-state index is 0.0159. The van der Waals surface area contributed by atoms with E-state index in [1.807, 2.05) is 32.0 Å². The van der Waals surface area contributed by atoms with Crippen molar-refractivity contribution in [1.82, 2.24) is 0 Å². The van der Waals surface area contributed by atoms with Gasteiger partial charge in [-0.05, 0) is 43.7 Å². The lowest BCUT2D eigenvalue weighted by atomic mass is 10.1. The molecule has 2 N–H and O–H groups in total. The van der Waals surface area contributed by atoms with E-state index in [1.54, 1.807) is 18.2 Å². The van der Waals surface area contributed by atoms with Gasteiger partial charge in [0, 0.05) is 17.6 Å². The summed E-state index contributed by atoms with van der Waals surface area (Å²) in [6.45, 7) is 4.49. The van der Waals surface area contributed by atoms with Crippen LogP contribution in [-0.4, -0.2) is 23.0 Å². The van der Waals surface area contributed by atoms with Crippen molar-refractivity contribution >= 4 is 34.6 Å². The van der Waals surface area contributed by atoms with Gasteiger partial charge in [-0.1, -0.05) is 18.2 Å². The molecule has 5 nitrogen and oxygen atoms in total. The average Bonchev–Trinajstić information content (AvgIpc) is 2.52. The number of carbonyl (C=O) groups is 1. The summed E-state index contributed by atoms with van der Waals surface area (Å²) < 4.78 is 0. The molecule has 2 aromatic carbocycles. The Bertz CT molecular complexity index is 730. The lowest BCUT2D eigenvalue weighted by Gasteiger charge is -2.11. The smallest absolute Gasteiger partial charge is 0.337 e. The molecule has 1 unspecified atom stereocenters. The highest BCUT2D eigenvalue weighted by molar-refractivity contribution is 6.20. The molecule has 0 spiro atoms. The van der Waals surface area contributed by atoms with E-state index in [0.717, 1.165) is 11.3 Å². The largest absolute Gasteiger partial charge is 0.478 e. The fraction of sp³-hybridized carbons (Fsp3) is 0.235. The van der Waals surface area contributed by atoms with Crippen LogP contribution in [0.25, 0.3) is 0 Å². The first-order chi connectivity index (χ1) is 11.0. The first-order valence-corrected chi connectivity index (χ1v) is 7.64. The molecule has 0 radical (unpaired) electrons. The second-order valence-electron chi connectivity index (χ2n) is 5.13. The van der Waals surface area contributed by atoms with Gasteiger partial charge in [0.25, 0.3) is 0 Å². The molecule has 0 amide bonds. The first-order valence-electron chi connectivity index (χ1n) is 7.20. The number of halogens is 1. The molecule has 0 saturated heterocycles. The molecule has 0 heterocycles. The molecular formula is C17H18ClN3O2. The van der Waals surface area contributed by atoms with Crippen LogP contribution in [-0.2, 0) is 0 Å². The second-order valence-corrected chi connectivity index (χ2v) is 5.88. The van der Waals surface area contributed by atoms with Crippen LogP contribution in [0.15, 0.2) is 52.7 Å². The summed E-state index contributed by atoms with van der Waals surface area (Å²) in [7, 11) is 0. The van der Waals surface area contributed by atoms with Gasteiger partial charge >= 0.3 is 5.97 Å². The number of alkyl halides is 1. The number of hydrogen-bond acceptors (Lipinski definition) is 4. The third-order valence-electron chi connectivity index (χ3n) is 3.28. The molecule has 0 aliphatic carbocycles. The monoisotopic (exact) mass is 331 g/mol. The number of aromatic carboxylic acids is 1. The van der Waals surface area contributed by atoms with Gasteiger partial charge < -0.3 is 10.4 Å². The molecule has 1 atom stereocenters. The van der Waals surface area contributed by atoms with Crippen molar-refractivity contribution in [2.75, 3.05) is 11.9 Å². The number of carboxylic acids is 1. The van der Waals surface area contributed by atoms with Gasteiger partial charge in [0.05, 0.1) is 11.3 Å². The molecule has 0 aliphatic rings. The van der Waals surface area contributed by atoms with Gasteiger partial charge in [-0.3, -0.25) is 0 Å². The molecule has 0 bridgehead atoms. The molecule has 0 fully saturated rings. The lowest BCUT2D eigenvalue weighted by Crippen LogP contribution is -2.11. The Kier molecular flexibility index (Phi) is 5.71. The highest BCUT2D eigenvalue weighted by atomic mass is 35.5. The average molecular weight is 332 g/mol. The van der Waals surface area contributed by atoms with E-state index in [9.17, 15) is 4.79 Å². The van der Waals surface area contributed by atoms with Gasteiger partial charge in [-0.2, -0.15) is 5.11 Å². The first kappa shape index (κ1) is 17.0. The lowest BCUT2D eigenvalue weighted by molar-refractivity contribution is 0.0698. The predicted octanol–water partition coefficient (Wildman–Crippen LogP) is 5.15. The minimum Gasteiger partial charge on any atom is -0.478 e. The normalized spacial score (nSPS) is 12.3. The second kappa shape index (κ2) is 7.74. The molecule has 0 aromatic heterocycles. The third-order valence-corrected chi connectivity index (χ3v) is 3.43. The highest BCUT2D eigenvalue weighted by Gasteiger charge is 2.09. The molecule has 120 valence electrons. The maximum absolute atomic E-state index is 11.2. The van der Waals surface area contributed by atoms with Crippen molar-refractivity contribution < 1.29 is 9.90 Å². The molecular weight excluding hydrogens is 314 g/mol. The number of rotatable bonds is 6. The topological polar surface area (TPSA) is 74.0 Å². The van der Waals surface area contributed by atoms with Crippen molar-refractivity contribution in [3.05, 3.63) is 53.6 Å². The molecule has 2 rings (SSSR count).